The number of carbonyl (C=O) groups is 2. The summed E-state index contributed by atoms with van der Waals surface area (Å²) < 4.78 is 9.32. The molecule has 88 valence electrons. The van der Waals surface area contributed by atoms with Gasteiger partial charge < -0.3 is 14.8 Å². The van der Waals surface area contributed by atoms with Crippen LogP contribution in [0.5, 0.6) is 0 Å². The van der Waals surface area contributed by atoms with Gasteiger partial charge in [-0.25, -0.2) is 4.79 Å². The third-order valence-corrected chi connectivity index (χ3v) is 3.40. The average Bonchev–Trinajstić information content (AvgIpc) is 2.88. The second kappa shape index (κ2) is 4.15. The summed E-state index contributed by atoms with van der Waals surface area (Å²) >= 11 is 0. The van der Waals surface area contributed by atoms with Gasteiger partial charge in [0.2, 0.25) is 0 Å². The first-order valence-corrected chi connectivity index (χ1v) is 5.28. The van der Waals surface area contributed by atoms with Crippen LogP contribution in [0.2, 0.25) is 0 Å². The van der Waals surface area contributed by atoms with E-state index in [4.69, 9.17) is 4.74 Å². The van der Waals surface area contributed by atoms with Crippen molar-refractivity contribution in [3.8, 4) is 0 Å². The average molecular weight is 225 g/mol. The van der Waals surface area contributed by atoms with Gasteiger partial charge in [0, 0.05) is 0 Å². The van der Waals surface area contributed by atoms with Gasteiger partial charge in [0.05, 0.1) is 26.2 Å². The Bertz CT molecular complexity index is 339. The zero-order valence-electron chi connectivity index (χ0n) is 9.30. The van der Waals surface area contributed by atoms with Crippen LogP contribution in [0.4, 0.5) is 4.79 Å². The maximum atomic E-state index is 11.6. The number of allylic oxidation sites excluding steroid dienone is 1. The molecule has 0 spiro atoms. The first-order chi connectivity index (χ1) is 7.67. The maximum absolute atomic E-state index is 11.6. The Morgan fingerprint density at radius 2 is 1.88 bits per heavy atom. The van der Waals surface area contributed by atoms with E-state index in [0.717, 1.165) is 6.42 Å². The Hall–Kier alpha value is -1.52. The number of methoxy groups -OCH3 is 2. The second-order valence-corrected chi connectivity index (χ2v) is 4.16. The Morgan fingerprint density at radius 1 is 1.19 bits per heavy atom. The van der Waals surface area contributed by atoms with Crippen LogP contribution in [0, 0.1) is 17.8 Å². The van der Waals surface area contributed by atoms with Gasteiger partial charge in [-0.15, -0.1) is 0 Å². The van der Waals surface area contributed by atoms with Gasteiger partial charge in [-0.1, -0.05) is 12.2 Å². The number of carbonyl (C=O) groups excluding carboxylic acids is 2. The van der Waals surface area contributed by atoms with Crippen molar-refractivity contribution in [2.75, 3.05) is 14.2 Å². The summed E-state index contributed by atoms with van der Waals surface area (Å²) in [5, 5.41) is 2.71. The van der Waals surface area contributed by atoms with E-state index in [0.29, 0.717) is 0 Å². The lowest BCUT2D eigenvalue weighted by atomic mass is 9.89. The summed E-state index contributed by atoms with van der Waals surface area (Å²) in [6, 6.07) is -0.199. The fraction of sp³-hybridized carbons (Fsp3) is 0.636. The number of ether oxygens (including phenoxy) is 2. The minimum Gasteiger partial charge on any atom is -0.469 e. The minimum absolute atomic E-state index is 0.180. The highest BCUT2D eigenvalue weighted by Crippen LogP contribution is 2.44. The summed E-state index contributed by atoms with van der Waals surface area (Å²) in [6.07, 6.45) is 4.47. The highest BCUT2D eigenvalue weighted by atomic mass is 16.5. The molecular formula is C11H15NO4. The van der Waals surface area contributed by atoms with E-state index < -0.39 is 6.09 Å². The maximum Gasteiger partial charge on any atom is 0.407 e. The highest BCUT2D eigenvalue weighted by Gasteiger charge is 2.49. The Kier molecular flexibility index (Phi) is 2.85. The van der Waals surface area contributed by atoms with Gasteiger partial charge in [0.15, 0.2) is 0 Å². The normalized spacial score (nSPS) is 34.9. The molecule has 1 amide bonds. The van der Waals surface area contributed by atoms with Crippen molar-refractivity contribution < 1.29 is 19.1 Å². The minimum atomic E-state index is -0.500. The van der Waals surface area contributed by atoms with Crippen LogP contribution in [0.1, 0.15) is 6.42 Å². The molecule has 0 aromatic heterocycles. The van der Waals surface area contributed by atoms with Crippen LogP contribution in [0.25, 0.3) is 0 Å². The van der Waals surface area contributed by atoms with Crippen molar-refractivity contribution in [2.45, 2.75) is 12.5 Å². The lowest BCUT2D eigenvalue weighted by Crippen LogP contribution is -2.46. The van der Waals surface area contributed by atoms with E-state index in [1.807, 2.05) is 12.2 Å². The first kappa shape index (κ1) is 11.0. The molecule has 4 atom stereocenters. The molecular weight excluding hydrogens is 210 g/mol. The lowest BCUT2D eigenvalue weighted by molar-refractivity contribution is -0.147. The number of amides is 1. The van der Waals surface area contributed by atoms with Crippen molar-refractivity contribution in [3.63, 3.8) is 0 Å². The number of fused-ring (bicyclic) bond motifs is 2. The van der Waals surface area contributed by atoms with Crippen molar-refractivity contribution in [3.05, 3.63) is 12.2 Å². The molecule has 1 N–H and O–H groups in total. The Labute approximate surface area is 93.8 Å². The van der Waals surface area contributed by atoms with E-state index in [9.17, 15) is 9.59 Å². The quantitative estimate of drug-likeness (QED) is 0.555. The smallest absolute Gasteiger partial charge is 0.407 e. The molecule has 0 radical (unpaired) electrons. The van der Waals surface area contributed by atoms with Gasteiger partial charge in [-0.3, -0.25) is 4.79 Å². The Morgan fingerprint density at radius 3 is 2.50 bits per heavy atom. The fourth-order valence-corrected chi connectivity index (χ4v) is 2.67. The molecule has 5 nitrogen and oxygen atoms in total. The molecule has 1 saturated carbocycles. The third kappa shape index (κ3) is 1.66. The molecule has 0 aliphatic heterocycles. The number of nitrogens with one attached hydrogen (secondary N) is 1. The largest absolute Gasteiger partial charge is 0.469 e. The van der Waals surface area contributed by atoms with Crippen LogP contribution in [-0.4, -0.2) is 32.3 Å². The summed E-state index contributed by atoms with van der Waals surface area (Å²) in [4.78, 5) is 22.8. The van der Waals surface area contributed by atoms with E-state index in [2.05, 4.69) is 10.1 Å². The molecule has 2 aliphatic carbocycles. The van der Waals surface area contributed by atoms with E-state index in [-0.39, 0.29) is 29.8 Å². The van der Waals surface area contributed by atoms with Crippen molar-refractivity contribution >= 4 is 12.1 Å². The summed E-state index contributed by atoms with van der Waals surface area (Å²) in [5.41, 5.74) is 0. The summed E-state index contributed by atoms with van der Waals surface area (Å²) in [5.74, 6) is -0.148. The van der Waals surface area contributed by atoms with Gasteiger partial charge in [0.1, 0.15) is 0 Å². The molecule has 2 aliphatic rings. The molecule has 0 heterocycles. The zero-order valence-corrected chi connectivity index (χ0v) is 9.30. The lowest BCUT2D eigenvalue weighted by Gasteiger charge is -2.26. The van der Waals surface area contributed by atoms with Gasteiger partial charge in [-0.2, -0.15) is 0 Å². The van der Waals surface area contributed by atoms with E-state index in [1.165, 1.54) is 14.2 Å². The molecule has 2 bridgehead atoms. The SMILES string of the molecule is COC(=O)N[C@H]1[C@@H](C(=O)OC)[C@H]2C=C[C@@H]1C2. The summed E-state index contributed by atoms with van der Waals surface area (Å²) in [6.45, 7) is 0. The standard InChI is InChI=1S/C11H15NO4/c1-15-10(13)8-6-3-4-7(5-6)9(8)12-11(14)16-2/h3-4,6-9H,5H2,1-2H3,(H,12,14)/t6-,7+,8-,9+/m0/s1. The monoisotopic (exact) mass is 225 g/mol. The van der Waals surface area contributed by atoms with Crippen LogP contribution in [0.3, 0.4) is 0 Å². The molecule has 0 saturated heterocycles. The van der Waals surface area contributed by atoms with Crippen molar-refractivity contribution in [1.29, 1.82) is 0 Å². The molecule has 5 heteroatoms. The molecule has 0 aromatic rings. The Balaban J connectivity index is 2.12. The molecule has 0 aromatic carbocycles. The number of rotatable bonds is 2. The van der Waals surface area contributed by atoms with Crippen LogP contribution >= 0.6 is 0 Å². The third-order valence-electron chi connectivity index (χ3n) is 3.40. The van der Waals surface area contributed by atoms with Gasteiger partial charge in [-0.05, 0) is 18.3 Å². The number of esters is 1. The predicted molar refractivity (Wildman–Crippen MR) is 55.6 cm³/mol. The second-order valence-electron chi connectivity index (χ2n) is 4.16. The molecule has 1 fully saturated rings. The number of hydrogen-bond donors (Lipinski definition) is 1. The predicted octanol–water partition coefficient (Wildman–Crippen LogP) is 0.706. The molecule has 16 heavy (non-hydrogen) atoms. The highest BCUT2D eigenvalue weighted by molar-refractivity contribution is 5.77. The topological polar surface area (TPSA) is 64.6 Å². The number of hydrogen-bond acceptors (Lipinski definition) is 4. The number of alkyl carbamates (subject to hydrolysis) is 1. The van der Waals surface area contributed by atoms with Gasteiger partial charge in [0.25, 0.3) is 0 Å². The van der Waals surface area contributed by atoms with Crippen LogP contribution < -0.4 is 5.32 Å². The van der Waals surface area contributed by atoms with E-state index >= 15 is 0 Å². The first-order valence-electron chi connectivity index (χ1n) is 5.28. The summed E-state index contributed by atoms with van der Waals surface area (Å²) in [7, 11) is 2.68. The zero-order chi connectivity index (χ0) is 11.7. The van der Waals surface area contributed by atoms with Crippen LogP contribution in [-0.2, 0) is 14.3 Å². The fourth-order valence-electron chi connectivity index (χ4n) is 2.67. The molecule has 2 rings (SSSR count). The van der Waals surface area contributed by atoms with Crippen LogP contribution in [0.15, 0.2) is 12.2 Å². The molecule has 0 unspecified atom stereocenters. The van der Waals surface area contributed by atoms with E-state index in [1.54, 1.807) is 0 Å². The van der Waals surface area contributed by atoms with Crippen molar-refractivity contribution in [1.82, 2.24) is 5.32 Å². The van der Waals surface area contributed by atoms with Crippen molar-refractivity contribution in [2.24, 2.45) is 17.8 Å². The van der Waals surface area contributed by atoms with Gasteiger partial charge >= 0.3 is 12.1 Å².